The number of likely N-dealkylation sites (N-methyl/N-ethyl adjacent to an activating group) is 1. The summed E-state index contributed by atoms with van der Waals surface area (Å²) in [5.74, 6) is 0. The molecular weight excluding hydrogens is 268 g/mol. The summed E-state index contributed by atoms with van der Waals surface area (Å²) in [6.07, 6.45) is 0.977. The van der Waals surface area contributed by atoms with E-state index >= 15 is 0 Å². The highest BCUT2D eigenvalue weighted by molar-refractivity contribution is 5.63. The highest BCUT2D eigenvalue weighted by atomic mass is 16.6. The minimum absolute atomic E-state index is 0.107. The molecule has 0 heterocycles. The fourth-order valence-electron chi connectivity index (χ4n) is 1.82. The predicted molar refractivity (Wildman–Crippen MR) is 88.1 cm³/mol. The standard InChI is InChI=1S/C15H26N4O2/c1-5-6-16-13-9-14(11-15(10-13)19(20)21)17-7-8-18(4)12(2)3/h9-12,16-17H,5-8H2,1-4H3. The number of nitro groups is 1. The quantitative estimate of drug-likeness (QED) is 0.541. The van der Waals surface area contributed by atoms with Gasteiger partial charge >= 0.3 is 0 Å². The largest absolute Gasteiger partial charge is 0.385 e. The van der Waals surface area contributed by atoms with Gasteiger partial charge in [-0.05, 0) is 33.4 Å². The Balaban J connectivity index is 2.71. The molecule has 6 nitrogen and oxygen atoms in total. The molecule has 0 saturated heterocycles. The van der Waals surface area contributed by atoms with Gasteiger partial charge in [0.1, 0.15) is 0 Å². The summed E-state index contributed by atoms with van der Waals surface area (Å²) >= 11 is 0. The highest BCUT2D eigenvalue weighted by Crippen LogP contribution is 2.24. The fraction of sp³-hybridized carbons (Fsp3) is 0.600. The van der Waals surface area contributed by atoms with E-state index in [1.807, 2.05) is 6.07 Å². The van der Waals surface area contributed by atoms with Crippen LogP contribution in [-0.2, 0) is 0 Å². The molecule has 1 aromatic carbocycles. The van der Waals surface area contributed by atoms with Crippen molar-refractivity contribution in [2.24, 2.45) is 0 Å². The first kappa shape index (κ1) is 17.2. The molecule has 118 valence electrons. The molecule has 0 aliphatic carbocycles. The zero-order valence-electron chi connectivity index (χ0n) is 13.3. The molecule has 0 radical (unpaired) electrons. The Bertz CT molecular complexity index is 463. The molecular formula is C15H26N4O2. The minimum atomic E-state index is -0.359. The summed E-state index contributed by atoms with van der Waals surface area (Å²) in [5, 5.41) is 17.4. The number of nitrogens with zero attached hydrogens (tertiary/aromatic N) is 2. The number of hydrogen-bond acceptors (Lipinski definition) is 5. The maximum atomic E-state index is 11.0. The molecule has 0 saturated carbocycles. The number of rotatable bonds is 9. The summed E-state index contributed by atoms with van der Waals surface area (Å²) in [6, 6.07) is 5.55. The van der Waals surface area contributed by atoms with Crippen LogP contribution in [0, 0.1) is 10.1 Å². The number of non-ortho nitro benzene ring substituents is 1. The third-order valence-corrected chi connectivity index (χ3v) is 3.38. The van der Waals surface area contributed by atoms with Gasteiger partial charge in [-0.3, -0.25) is 10.1 Å². The van der Waals surface area contributed by atoms with E-state index in [9.17, 15) is 10.1 Å². The van der Waals surface area contributed by atoms with Crippen LogP contribution in [0.15, 0.2) is 18.2 Å². The van der Waals surface area contributed by atoms with Gasteiger partial charge in [-0.15, -0.1) is 0 Å². The van der Waals surface area contributed by atoms with E-state index in [1.54, 1.807) is 12.1 Å². The van der Waals surface area contributed by atoms with Crippen LogP contribution >= 0.6 is 0 Å². The van der Waals surface area contributed by atoms with E-state index in [4.69, 9.17) is 0 Å². The Morgan fingerprint density at radius 2 is 1.76 bits per heavy atom. The number of anilines is 2. The third kappa shape index (κ3) is 5.99. The molecule has 21 heavy (non-hydrogen) atoms. The predicted octanol–water partition coefficient (Wildman–Crippen LogP) is 3.17. The van der Waals surface area contributed by atoms with Crippen LogP contribution in [0.2, 0.25) is 0 Å². The lowest BCUT2D eigenvalue weighted by Gasteiger charge is -2.21. The molecule has 0 unspecified atom stereocenters. The number of nitro benzene ring substituents is 1. The SMILES string of the molecule is CCCNc1cc(NCCN(C)C(C)C)cc([N+](=O)[O-])c1. The van der Waals surface area contributed by atoms with Crippen molar-refractivity contribution >= 4 is 17.1 Å². The van der Waals surface area contributed by atoms with Gasteiger partial charge in [0, 0.05) is 49.2 Å². The lowest BCUT2D eigenvalue weighted by atomic mass is 10.2. The first-order valence-electron chi connectivity index (χ1n) is 7.41. The van der Waals surface area contributed by atoms with Gasteiger partial charge in [0.25, 0.3) is 5.69 Å². The van der Waals surface area contributed by atoms with Gasteiger partial charge in [0.2, 0.25) is 0 Å². The summed E-state index contributed by atoms with van der Waals surface area (Å²) in [4.78, 5) is 12.9. The summed E-state index contributed by atoms with van der Waals surface area (Å²) in [5.41, 5.74) is 1.67. The van der Waals surface area contributed by atoms with E-state index in [2.05, 4.69) is 43.4 Å². The Hall–Kier alpha value is -1.82. The first-order chi connectivity index (χ1) is 9.93. The van der Waals surface area contributed by atoms with Crippen LogP contribution in [0.4, 0.5) is 17.1 Å². The number of benzene rings is 1. The molecule has 0 amide bonds. The second-order valence-electron chi connectivity index (χ2n) is 5.45. The molecule has 0 aliphatic heterocycles. The fourth-order valence-corrected chi connectivity index (χ4v) is 1.82. The summed E-state index contributed by atoms with van der Waals surface area (Å²) < 4.78 is 0. The summed E-state index contributed by atoms with van der Waals surface area (Å²) in [6.45, 7) is 8.78. The van der Waals surface area contributed by atoms with Gasteiger partial charge in [0.15, 0.2) is 0 Å². The lowest BCUT2D eigenvalue weighted by Crippen LogP contribution is -2.31. The van der Waals surface area contributed by atoms with Crippen LogP contribution in [0.3, 0.4) is 0 Å². The van der Waals surface area contributed by atoms with E-state index in [1.165, 1.54) is 0 Å². The van der Waals surface area contributed by atoms with Crippen LogP contribution in [-0.4, -0.2) is 42.5 Å². The number of nitrogens with one attached hydrogen (secondary N) is 2. The second-order valence-corrected chi connectivity index (χ2v) is 5.45. The maximum absolute atomic E-state index is 11.0. The molecule has 0 aliphatic rings. The van der Waals surface area contributed by atoms with Crippen LogP contribution in [0.5, 0.6) is 0 Å². The molecule has 1 rings (SSSR count). The molecule has 0 bridgehead atoms. The zero-order chi connectivity index (χ0) is 15.8. The topological polar surface area (TPSA) is 70.4 Å². The average molecular weight is 294 g/mol. The van der Waals surface area contributed by atoms with Crippen molar-refractivity contribution in [1.82, 2.24) is 4.90 Å². The van der Waals surface area contributed by atoms with E-state index in [0.717, 1.165) is 37.4 Å². The maximum Gasteiger partial charge on any atom is 0.273 e. The van der Waals surface area contributed by atoms with Crippen molar-refractivity contribution in [2.75, 3.05) is 37.3 Å². The van der Waals surface area contributed by atoms with Gasteiger partial charge < -0.3 is 15.5 Å². The Morgan fingerprint density at radius 1 is 1.19 bits per heavy atom. The van der Waals surface area contributed by atoms with Crippen molar-refractivity contribution in [3.05, 3.63) is 28.3 Å². The number of hydrogen-bond donors (Lipinski definition) is 2. The second kappa shape index (κ2) is 8.46. The van der Waals surface area contributed by atoms with Gasteiger partial charge in [0.05, 0.1) is 4.92 Å². The minimum Gasteiger partial charge on any atom is -0.385 e. The third-order valence-electron chi connectivity index (χ3n) is 3.38. The van der Waals surface area contributed by atoms with Crippen molar-refractivity contribution in [1.29, 1.82) is 0 Å². The van der Waals surface area contributed by atoms with Gasteiger partial charge in [-0.2, -0.15) is 0 Å². The van der Waals surface area contributed by atoms with E-state index in [-0.39, 0.29) is 10.6 Å². The Kier molecular flexibility index (Phi) is 6.94. The van der Waals surface area contributed by atoms with E-state index in [0.29, 0.717) is 6.04 Å². The molecule has 0 aromatic heterocycles. The van der Waals surface area contributed by atoms with Crippen LogP contribution < -0.4 is 10.6 Å². The van der Waals surface area contributed by atoms with Crippen molar-refractivity contribution < 1.29 is 4.92 Å². The van der Waals surface area contributed by atoms with Crippen molar-refractivity contribution in [3.8, 4) is 0 Å². The normalized spacial score (nSPS) is 11.0. The monoisotopic (exact) mass is 294 g/mol. The van der Waals surface area contributed by atoms with Crippen molar-refractivity contribution in [3.63, 3.8) is 0 Å². The molecule has 0 spiro atoms. The lowest BCUT2D eigenvalue weighted by molar-refractivity contribution is -0.384. The van der Waals surface area contributed by atoms with Crippen LogP contribution in [0.25, 0.3) is 0 Å². The van der Waals surface area contributed by atoms with Crippen LogP contribution in [0.1, 0.15) is 27.2 Å². The van der Waals surface area contributed by atoms with Gasteiger partial charge in [-0.1, -0.05) is 6.92 Å². The smallest absolute Gasteiger partial charge is 0.273 e. The zero-order valence-corrected chi connectivity index (χ0v) is 13.3. The Morgan fingerprint density at radius 3 is 2.24 bits per heavy atom. The summed E-state index contributed by atoms with van der Waals surface area (Å²) in [7, 11) is 2.06. The molecule has 6 heteroatoms. The average Bonchev–Trinajstić information content (AvgIpc) is 2.44. The molecule has 1 aromatic rings. The molecule has 0 atom stereocenters. The van der Waals surface area contributed by atoms with Crippen molar-refractivity contribution in [2.45, 2.75) is 33.2 Å². The Labute approximate surface area is 126 Å². The highest BCUT2D eigenvalue weighted by Gasteiger charge is 2.10. The molecule has 2 N–H and O–H groups in total. The first-order valence-corrected chi connectivity index (χ1v) is 7.41. The molecule has 0 fully saturated rings. The van der Waals surface area contributed by atoms with E-state index < -0.39 is 0 Å². The van der Waals surface area contributed by atoms with Gasteiger partial charge in [-0.25, -0.2) is 0 Å².